The third kappa shape index (κ3) is 14.7. The van der Waals surface area contributed by atoms with Gasteiger partial charge in [0, 0.05) is 6.42 Å². The molecule has 0 saturated heterocycles. The molecule has 1 unspecified atom stereocenters. The number of aliphatic hydroxyl groups excluding tert-OH is 1. The maximum Gasteiger partial charge on any atom is 0.472 e. The number of phosphoric acid groups is 1. The standard InChI is InChI=1S/C22H32NO6P.C5H8O/c1-23(2,14-6-10-19-8-4-3-5-9-19)15-17-29-30(26,27)28-16-7-11-20-12-13-21(24)22(25)18-20;1-3-4-5(2)6/h3-5,8-9,12-13,18H,6-7,10-11,14-17H2,1-2H3,(H2-,24,25,26,27);3-4,6H,1H2,2H3/p+1/b;5-4+. The molecule has 2 rings (SSSR count). The molecule has 0 aliphatic heterocycles. The average molecular weight is 523 g/mol. The van der Waals surface area contributed by atoms with Crippen LogP contribution in [-0.2, 0) is 26.5 Å². The van der Waals surface area contributed by atoms with Gasteiger partial charge in [-0.25, -0.2) is 4.57 Å². The number of nitrogens with zero attached hydrogens (tertiary/aromatic N) is 1. The van der Waals surface area contributed by atoms with E-state index in [1.54, 1.807) is 13.0 Å². The predicted octanol–water partition coefficient (Wildman–Crippen LogP) is 5.51. The van der Waals surface area contributed by atoms with E-state index in [1.807, 2.05) is 18.2 Å². The molecule has 36 heavy (non-hydrogen) atoms. The van der Waals surface area contributed by atoms with Crippen LogP contribution >= 0.6 is 7.82 Å². The van der Waals surface area contributed by atoms with Gasteiger partial charge in [0.25, 0.3) is 0 Å². The van der Waals surface area contributed by atoms with Crippen molar-refractivity contribution in [1.29, 1.82) is 0 Å². The summed E-state index contributed by atoms with van der Waals surface area (Å²) in [7, 11) is 0.0577. The number of rotatable bonds is 14. The highest BCUT2D eigenvalue weighted by Gasteiger charge is 2.23. The van der Waals surface area contributed by atoms with Crippen LogP contribution in [0, 0.1) is 0 Å². The zero-order chi connectivity index (χ0) is 27.0. The number of aryl methyl sites for hydroxylation is 2. The van der Waals surface area contributed by atoms with Crippen LogP contribution in [0.25, 0.3) is 0 Å². The van der Waals surface area contributed by atoms with Crippen molar-refractivity contribution in [3.05, 3.63) is 84.1 Å². The van der Waals surface area contributed by atoms with Gasteiger partial charge in [0.05, 0.1) is 33.0 Å². The topological polar surface area (TPSA) is 116 Å². The minimum atomic E-state index is -4.09. The summed E-state index contributed by atoms with van der Waals surface area (Å²) in [6, 6.07) is 14.9. The molecule has 0 amide bonds. The van der Waals surface area contributed by atoms with Crippen molar-refractivity contribution < 1.29 is 38.3 Å². The Kier molecular flexibility index (Phi) is 14.1. The Morgan fingerprint density at radius 2 is 1.58 bits per heavy atom. The summed E-state index contributed by atoms with van der Waals surface area (Å²) in [5.74, 6) is -0.0660. The first-order valence-electron chi connectivity index (χ1n) is 11.9. The third-order valence-electron chi connectivity index (χ3n) is 5.29. The first kappa shape index (κ1) is 31.4. The van der Waals surface area contributed by atoms with E-state index in [-0.39, 0.29) is 24.7 Å². The Labute approximate surface area is 215 Å². The van der Waals surface area contributed by atoms with Crippen molar-refractivity contribution in [1.82, 2.24) is 0 Å². The van der Waals surface area contributed by atoms with Gasteiger partial charge >= 0.3 is 7.82 Å². The first-order chi connectivity index (χ1) is 16.9. The first-order valence-corrected chi connectivity index (χ1v) is 13.4. The highest BCUT2D eigenvalue weighted by atomic mass is 31.2. The number of phenolic OH excluding ortho intramolecular Hbond substituents is 2. The second-order valence-electron chi connectivity index (χ2n) is 9.08. The number of aliphatic hydroxyl groups is 1. The monoisotopic (exact) mass is 522 g/mol. The minimum absolute atomic E-state index is 0.0603. The summed E-state index contributed by atoms with van der Waals surface area (Å²) in [5, 5.41) is 27.1. The van der Waals surface area contributed by atoms with Crippen LogP contribution in [0.15, 0.2) is 73.0 Å². The molecule has 0 aliphatic rings. The summed E-state index contributed by atoms with van der Waals surface area (Å²) in [5.41, 5.74) is 2.11. The van der Waals surface area contributed by atoms with Gasteiger partial charge in [-0.05, 0) is 55.5 Å². The number of quaternary nitrogens is 1. The molecule has 0 bridgehead atoms. The van der Waals surface area contributed by atoms with E-state index in [9.17, 15) is 19.7 Å². The number of aromatic hydroxyl groups is 2. The Morgan fingerprint density at radius 3 is 2.17 bits per heavy atom. The number of hydrogen-bond donors (Lipinski definition) is 4. The molecule has 0 spiro atoms. The van der Waals surface area contributed by atoms with Crippen molar-refractivity contribution in [2.45, 2.75) is 32.6 Å². The number of hydrogen-bond acceptors (Lipinski definition) is 6. The van der Waals surface area contributed by atoms with Crippen molar-refractivity contribution in [2.24, 2.45) is 0 Å². The summed E-state index contributed by atoms with van der Waals surface area (Å²) in [4.78, 5) is 9.84. The van der Waals surface area contributed by atoms with Crippen molar-refractivity contribution in [2.75, 3.05) is 40.4 Å². The lowest BCUT2D eigenvalue weighted by Gasteiger charge is -2.30. The third-order valence-corrected chi connectivity index (χ3v) is 6.30. The van der Waals surface area contributed by atoms with E-state index in [2.05, 4.69) is 32.8 Å². The molecule has 2 aromatic rings. The molecule has 0 radical (unpaired) electrons. The maximum atomic E-state index is 12.0. The van der Waals surface area contributed by atoms with E-state index in [4.69, 9.17) is 14.2 Å². The molecule has 0 heterocycles. The fourth-order valence-corrected chi connectivity index (χ4v) is 4.01. The van der Waals surface area contributed by atoms with Crippen LogP contribution < -0.4 is 0 Å². The quantitative estimate of drug-likeness (QED) is 0.0646. The zero-order valence-electron chi connectivity index (χ0n) is 21.5. The number of benzene rings is 2. The molecule has 4 N–H and O–H groups in total. The second-order valence-corrected chi connectivity index (χ2v) is 10.5. The van der Waals surface area contributed by atoms with Crippen molar-refractivity contribution >= 4 is 7.82 Å². The van der Waals surface area contributed by atoms with Crippen LogP contribution in [0.1, 0.15) is 30.9 Å². The van der Waals surface area contributed by atoms with Gasteiger partial charge in [0.15, 0.2) is 11.5 Å². The minimum Gasteiger partial charge on any atom is -0.513 e. The van der Waals surface area contributed by atoms with Gasteiger partial charge in [-0.1, -0.05) is 49.1 Å². The molecule has 0 aromatic heterocycles. The van der Waals surface area contributed by atoms with Crippen molar-refractivity contribution in [3.8, 4) is 11.5 Å². The van der Waals surface area contributed by atoms with E-state index in [0.29, 0.717) is 29.6 Å². The second kappa shape index (κ2) is 16.2. The van der Waals surface area contributed by atoms with Gasteiger partial charge in [0.1, 0.15) is 13.2 Å². The van der Waals surface area contributed by atoms with Gasteiger partial charge < -0.3 is 24.7 Å². The molecule has 9 heteroatoms. The number of phenols is 2. The Hall–Kier alpha value is -2.61. The molecule has 2 aromatic carbocycles. The molecule has 1 atom stereocenters. The number of phosphoric ester groups is 1. The highest BCUT2D eigenvalue weighted by molar-refractivity contribution is 7.47. The fourth-order valence-electron chi connectivity index (χ4n) is 3.26. The summed E-state index contributed by atoms with van der Waals surface area (Å²) in [6.45, 7) is 6.71. The predicted molar refractivity (Wildman–Crippen MR) is 143 cm³/mol. The molecule has 0 fully saturated rings. The number of allylic oxidation sites excluding steroid dienone is 3. The SMILES string of the molecule is C=C/C=C(\C)O.C[N+](C)(CCCc1ccccc1)CCOP(=O)(O)OCCCc1ccc(O)c(O)c1. The summed E-state index contributed by atoms with van der Waals surface area (Å²) >= 11 is 0. The normalized spacial score (nSPS) is 13.4. The van der Waals surface area contributed by atoms with E-state index < -0.39 is 7.82 Å². The molecule has 0 saturated carbocycles. The van der Waals surface area contributed by atoms with Crippen LogP contribution in [0.4, 0.5) is 0 Å². The molecule has 200 valence electrons. The van der Waals surface area contributed by atoms with E-state index >= 15 is 0 Å². The zero-order valence-corrected chi connectivity index (χ0v) is 22.4. The van der Waals surface area contributed by atoms with E-state index in [0.717, 1.165) is 24.9 Å². The lowest BCUT2D eigenvalue weighted by molar-refractivity contribution is -0.890. The lowest BCUT2D eigenvalue weighted by Crippen LogP contribution is -2.43. The van der Waals surface area contributed by atoms with Crippen LogP contribution in [0.3, 0.4) is 0 Å². The van der Waals surface area contributed by atoms with Crippen LogP contribution in [-0.4, -0.2) is 65.1 Å². The Morgan fingerprint density at radius 1 is 0.944 bits per heavy atom. The number of likely N-dealkylation sites (N-methyl/N-ethyl adjacent to an activating group) is 1. The van der Waals surface area contributed by atoms with Crippen LogP contribution in [0.5, 0.6) is 11.5 Å². The summed E-state index contributed by atoms with van der Waals surface area (Å²) in [6.07, 6.45) is 6.12. The van der Waals surface area contributed by atoms with Gasteiger partial charge in [-0.2, -0.15) is 0 Å². The molecule has 0 aliphatic carbocycles. The molecule has 8 nitrogen and oxygen atoms in total. The Balaban J connectivity index is 0.000000960. The van der Waals surface area contributed by atoms with E-state index in [1.165, 1.54) is 29.8 Å². The van der Waals surface area contributed by atoms with Crippen LogP contribution in [0.2, 0.25) is 0 Å². The van der Waals surface area contributed by atoms with Crippen molar-refractivity contribution in [3.63, 3.8) is 0 Å². The summed E-state index contributed by atoms with van der Waals surface area (Å²) < 4.78 is 22.9. The smallest absolute Gasteiger partial charge is 0.472 e. The fraction of sp³-hybridized carbons (Fsp3) is 0.407. The van der Waals surface area contributed by atoms with Gasteiger partial charge in [-0.15, -0.1) is 0 Å². The van der Waals surface area contributed by atoms with Gasteiger partial charge in [0.2, 0.25) is 0 Å². The molecular formula is C27H41NO7P+. The highest BCUT2D eigenvalue weighted by Crippen LogP contribution is 2.43. The van der Waals surface area contributed by atoms with Gasteiger partial charge in [-0.3, -0.25) is 9.05 Å². The Bertz CT molecular complexity index is 989. The largest absolute Gasteiger partial charge is 0.513 e. The average Bonchev–Trinajstić information content (AvgIpc) is 2.80. The lowest BCUT2D eigenvalue weighted by atomic mass is 10.1. The maximum absolute atomic E-state index is 12.0. The molecular weight excluding hydrogens is 481 g/mol.